The first kappa shape index (κ1) is 15.9. The predicted molar refractivity (Wildman–Crippen MR) is 95.6 cm³/mol. The number of benzene rings is 1. The van der Waals surface area contributed by atoms with Crippen LogP contribution < -0.4 is 0 Å². The Morgan fingerprint density at radius 2 is 2.00 bits per heavy atom. The predicted octanol–water partition coefficient (Wildman–Crippen LogP) is 4.34. The second kappa shape index (κ2) is 5.89. The highest BCUT2D eigenvalue weighted by molar-refractivity contribution is 6.66. The summed E-state index contributed by atoms with van der Waals surface area (Å²) >= 11 is 0. The molecule has 4 heteroatoms. The van der Waals surface area contributed by atoms with Gasteiger partial charge in [0.25, 0.3) is 6.71 Å². The van der Waals surface area contributed by atoms with E-state index in [1.165, 1.54) is 35.2 Å². The van der Waals surface area contributed by atoms with Gasteiger partial charge in [-0.1, -0.05) is 37.6 Å². The molecule has 0 amide bonds. The second-order valence-electron chi connectivity index (χ2n) is 6.66. The standard InChI is InChI=1S/C17H18BN3.C2H6/c1-12-4-3-5-14(8-12)16-13(2)15-9-18(11-19)10-17(6-7-17)21(15)20-16;1-2/h3-5,8H,6-7,9-10H2,1-2H3;1-2H3. The van der Waals surface area contributed by atoms with Crippen LogP contribution in [0.1, 0.15) is 43.5 Å². The minimum Gasteiger partial charge on any atom is -0.264 e. The first-order chi connectivity index (χ1) is 11.1. The SMILES string of the molecule is CC.Cc1cccc(-c2nn3c(c2C)CB(C#N)CC32CC2)c1. The van der Waals surface area contributed by atoms with Crippen LogP contribution in [0.4, 0.5) is 0 Å². The zero-order valence-corrected chi connectivity index (χ0v) is 14.6. The molecule has 23 heavy (non-hydrogen) atoms. The normalized spacial score (nSPS) is 17.1. The van der Waals surface area contributed by atoms with Crippen LogP contribution in [0.3, 0.4) is 0 Å². The molecule has 118 valence electrons. The molecule has 0 atom stereocenters. The average molecular weight is 305 g/mol. The molecule has 0 saturated heterocycles. The third-order valence-corrected chi connectivity index (χ3v) is 5.06. The maximum Gasteiger partial charge on any atom is 0.276 e. The molecule has 1 aromatic heterocycles. The average Bonchev–Trinajstić information content (AvgIpc) is 3.25. The van der Waals surface area contributed by atoms with Gasteiger partial charge in [0.1, 0.15) is 0 Å². The summed E-state index contributed by atoms with van der Waals surface area (Å²) in [5, 5.41) is 14.3. The van der Waals surface area contributed by atoms with Gasteiger partial charge in [-0.15, -0.1) is 0 Å². The van der Waals surface area contributed by atoms with Crippen molar-refractivity contribution < 1.29 is 0 Å². The molecule has 4 rings (SSSR count). The van der Waals surface area contributed by atoms with E-state index in [2.05, 4.69) is 48.8 Å². The molecular weight excluding hydrogens is 281 g/mol. The minimum atomic E-state index is 0.153. The summed E-state index contributed by atoms with van der Waals surface area (Å²) in [5.41, 5.74) is 6.24. The first-order valence-electron chi connectivity index (χ1n) is 8.69. The van der Waals surface area contributed by atoms with Crippen LogP contribution in [0.2, 0.25) is 6.32 Å². The fourth-order valence-corrected chi connectivity index (χ4v) is 3.73. The van der Waals surface area contributed by atoms with Crippen molar-refractivity contribution in [3.8, 4) is 17.2 Å². The molecule has 2 heterocycles. The van der Waals surface area contributed by atoms with Crippen molar-refractivity contribution in [2.24, 2.45) is 0 Å². The van der Waals surface area contributed by atoms with Gasteiger partial charge >= 0.3 is 0 Å². The van der Waals surface area contributed by atoms with E-state index >= 15 is 0 Å². The molecule has 1 fully saturated rings. The summed E-state index contributed by atoms with van der Waals surface area (Å²) in [6.07, 6.45) is 4.17. The van der Waals surface area contributed by atoms with E-state index < -0.39 is 0 Å². The van der Waals surface area contributed by atoms with E-state index in [0.717, 1.165) is 18.3 Å². The zero-order valence-electron chi connectivity index (χ0n) is 14.6. The van der Waals surface area contributed by atoms with Crippen LogP contribution in [0.15, 0.2) is 24.3 Å². The molecule has 1 aliphatic carbocycles. The largest absolute Gasteiger partial charge is 0.276 e. The van der Waals surface area contributed by atoms with Gasteiger partial charge in [-0.3, -0.25) is 4.68 Å². The lowest BCUT2D eigenvalue weighted by molar-refractivity contribution is 0.444. The Morgan fingerprint density at radius 1 is 1.26 bits per heavy atom. The van der Waals surface area contributed by atoms with Crippen molar-refractivity contribution in [1.29, 1.82) is 5.26 Å². The molecule has 0 radical (unpaired) electrons. The minimum absolute atomic E-state index is 0.153. The summed E-state index contributed by atoms with van der Waals surface area (Å²) in [7, 11) is 0. The summed E-state index contributed by atoms with van der Waals surface area (Å²) in [6, 6.07) is 8.54. The van der Waals surface area contributed by atoms with Crippen molar-refractivity contribution >= 4 is 6.71 Å². The van der Waals surface area contributed by atoms with Crippen molar-refractivity contribution in [3.63, 3.8) is 0 Å². The van der Waals surface area contributed by atoms with Crippen LogP contribution in [0.25, 0.3) is 11.3 Å². The van der Waals surface area contributed by atoms with Gasteiger partial charge in [0, 0.05) is 17.2 Å². The molecular formula is C19H24BN3. The number of nitrogens with zero attached hydrogens (tertiary/aromatic N) is 3. The first-order valence-corrected chi connectivity index (χ1v) is 8.69. The third-order valence-electron chi connectivity index (χ3n) is 5.06. The van der Waals surface area contributed by atoms with Crippen molar-refractivity contribution in [2.45, 2.75) is 58.7 Å². The quantitative estimate of drug-likeness (QED) is 0.736. The molecule has 1 aliphatic heterocycles. The van der Waals surface area contributed by atoms with Crippen molar-refractivity contribution in [2.75, 3.05) is 0 Å². The van der Waals surface area contributed by atoms with E-state index in [1.807, 2.05) is 13.8 Å². The van der Waals surface area contributed by atoms with E-state index in [-0.39, 0.29) is 12.3 Å². The smallest absolute Gasteiger partial charge is 0.264 e. The van der Waals surface area contributed by atoms with E-state index in [4.69, 9.17) is 5.10 Å². The number of hydrogen-bond donors (Lipinski definition) is 0. The van der Waals surface area contributed by atoms with Crippen LogP contribution >= 0.6 is 0 Å². The third kappa shape index (κ3) is 2.59. The number of aromatic nitrogens is 2. The van der Waals surface area contributed by atoms with Crippen molar-refractivity contribution in [3.05, 3.63) is 41.1 Å². The highest BCUT2D eigenvalue weighted by Crippen LogP contribution is 2.51. The van der Waals surface area contributed by atoms with Gasteiger partial charge in [0.15, 0.2) is 0 Å². The Kier molecular flexibility index (Phi) is 4.06. The van der Waals surface area contributed by atoms with E-state index in [0.29, 0.717) is 0 Å². The summed E-state index contributed by atoms with van der Waals surface area (Å²) in [5.74, 6) is 2.48. The Hall–Kier alpha value is -2.02. The molecule has 1 aromatic carbocycles. The Bertz CT molecular complexity index is 765. The number of fused-ring (bicyclic) bond motifs is 2. The molecule has 0 unspecified atom stereocenters. The number of hydrogen-bond acceptors (Lipinski definition) is 2. The van der Waals surface area contributed by atoms with E-state index in [1.54, 1.807) is 0 Å². The van der Waals surface area contributed by atoms with Crippen LogP contribution in [0, 0.1) is 25.1 Å². The van der Waals surface area contributed by atoms with Gasteiger partial charge in [-0.05, 0) is 51.0 Å². The molecule has 0 N–H and O–H groups in total. The Balaban J connectivity index is 0.000000753. The molecule has 0 bridgehead atoms. The topological polar surface area (TPSA) is 41.6 Å². The van der Waals surface area contributed by atoms with Gasteiger partial charge < -0.3 is 0 Å². The summed E-state index contributed by atoms with van der Waals surface area (Å²) in [6.45, 7) is 8.43. The highest BCUT2D eigenvalue weighted by atomic mass is 15.4. The zero-order chi connectivity index (χ0) is 16.6. The second-order valence-corrected chi connectivity index (χ2v) is 6.66. The van der Waals surface area contributed by atoms with Crippen LogP contribution in [-0.4, -0.2) is 16.5 Å². The van der Waals surface area contributed by atoms with Crippen LogP contribution in [0.5, 0.6) is 0 Å². The summed E-state index contributed by atoms with van der Waals surface area (Å²) in [4.78, 5) is 0. The van der Waals surface area contributed by atoms with Crippen LogP contribution in [-0.2, 0) is 11.9 Å². The number of nitriles is 1. The lowest BCUT2D eigenvalue weighted by Gasteiger charge is -2.26. The van der Waals surface area contributed by atoms with Gasteiger partial charge in [0.2, 0.25) is 0 Å². The summed E-state index contributed by atoms with van der Waals surface area (Å²) < 4.78 is 2.26. The molecule has 3 nitrogen and oxygen atoms in total. The lowest BCUT2D eigenvalue weighted by atomic mass is 9.42. The Labute approximate surface area is 139 Å². The highest BCUT2D eigenvalue weighted by Gasteiger charge is 2.52. The number of rotatable bonds is 1. The fraction of sp³-hybridized carbons (Fsp3) is 0.474. The molecule has 2 aromatic rings. The van der Waals surface area contributed by atoms with Gasteiger partial charge in [0.05, 0.1) is 11.2 Å². The molecule has 1 spiro atoms. The van der Waals surface area contributed by atoms with Gasteiger partial charge in [-0.25, -0.2) is 5.26 Å². The van der Waals surface area contributed by atoms with Gasteiger partial charge in [-0.2, -0.15) is 5.10 Å². The van der Waals surface area contributed by atoms with E-state index in [9.17, 15) is 5.26 Å². The lowest BCUT2D eigenvalue weighted by Crippen LogP contribution is -2.35. The monoisotopic (exact) mass is 305 g/mol. The number of aryl methyl sites for hydroxylation is 1. The van der Waals surface area contributed by atoms with Crippen molar-refractivity contribution in [1.82, 2.24) is 9.78 Å². The Morgan fingerprint density at radius 3 is 2.61 bits per heavy atom. The fourth-order valence-electron chi connectivity index (χ4n) is 3.73. The molecule has 1 saturated carbocycles. The maximum absolute atomic E-state index is 9.35. The molecule has 2 aliphatic rings. The maximum atomic E-state index is 9.35.